The number of hydrogen-bond acceptors (Lipinski definition) is 15. The van der Waals surface area contributed by atoms with Crippen molar-refractivity contribution in [3.8, 4) is 0 Å². The van der Waals surface area contributed by atoms with Gasteiger partial charge in [-0.3, -0.25) is 19.2 Å². The van der Waals surface area contributed by atoms with Crippen molar-refractivity contribution in [1.82, 2.24) is 0 Å². The van der Waals surface area contributed by atoms with Crippen LogP contribution < -0.4 is 0 Å². The van der Waals surface area contributed by atoms with Gasteiger partial charge < -0.3 is 52.1 Å². The Bertz CT molecular complexity index is 1600. The number of ether oxygens (including phenoxy) is 11. The van der Waals surface area contributed by atoms with Gasteiger partial charge in [0.2, 0.25) is 0 Å². The quantitative estimate of drug-likeness (QED) is 0.0720. The first-order valence-corrected chi connectivity index (χ1v) is 23.1. The molecule has 0 spiro atoms. The molecule has 0 radical (unpaired) electrons. The number of carbonyl (C=O) groups is 4. The van der Waals surface area contributed by atoms with E-state index in [1.54, 1.807) is 0 Å². The van der Waals surface area contributed by atoms with Crippen molar-refractivity contribution >= 4 is 32.0 Å². The summed E-state index contributed by atoms with van der Waals surface area (Å²) in [7, 11) is -1.63. The predicted molar refractivity (Wildman–Crippen MR) is 211 cm³/mol. The molecule has 0 saturated carbocycles. The van der Waals surface area contributed by atoms with Crippen LogP contribution in [0.1, 0.15) is 38.8 Å². The lowest BCUT2D eigenvalue weighted by molar-refractivity contribution is -0.376. The first kappa shape index (κ1) is 46.7. The van der Waals surface area contributed by atoms with Crippen molar-refractivity contribution in [2.45, 2.75) is 128 Å². The van der Waals surface area contributed by atoms with E-state index in [2.05, 4.69) is 26.2 Å². The lowest BCUT2D eigenvalue weighted by Gasteiger charge is -2.49. The van der Waals surface area contributed by atoms with Crippen molar-refractivity contribution < 1.29 is 71.3 Å². The Morgan fingerprint density at radius 2 is 1.07 bits per heavy atom. The Hall–Kier alpha value is -4.00. The third kappa shape index (κ3) is 15.0. The Labute approximate surface area is 341 Å². The van der Waals surface area contributed by atoms with Gasteiger partial charge in [0.1, 0.15) is 49.8 Å². The third-order valence-corrected chi connectivity index (χ3v) is 10.8. The molecule has 4 rings (SSSR count). The third-order valence-electron chi connectivity index (χ3n) is 9.09. The molecule has 2 heterocycles. The van der Waals surface area contributed by atoms with E-state index in [1.807, 2.05) is 60.7 Å². The molecule has 0 bridgehead atoms. The zero-order chi connectivity index (χ0) is 42.2. The van der Waals surface area contributed by atoms with Crippen LogP contribution in [0.2, 0.25) is 25.7 Å². The van der Waals surface area contributed by atoms with Gasteiger partial charge in [0, 0.05) is 42.4 Å². The van der Waals surface area contributed by atoms with Crippen LogP contribution in [0.3, 0.4) is 0 Å². The molecule has 15 nitrogen and oxygen atoms in total. The first-order valence-electron chi connectivity index (χ1n) is 19.4. The van der Waals surface area contributed by atoms with Crippen LogP contribution in [0.25, 0.3) is 0 Å². The summed E-state index contributed by atoms with van der Waals surface area (Å²) < 4.78 is 68.3. The summed E-state index contributed by atoms with van der Waals surface area (Å²) in [6.07, 6.45) is -9.91. The number of carbonyl (C=O) groups excluding carboxylic acids is 4. The normalized spacial score (nSPS) is 27.2. The van der Waals surface area contributed by atoms with E-state index in [1.165, 1.54) is 33.8 Å². The van der Waals surface area contributed by atoms with Gasteiger partial charge in [-0.15, -0.1) is 6.58 Å². The minimum Gasteiger partial charge on any atom is -0.463 e. The first-order chi connectivity index (χ1) is 27.6. The zero-order valence-corrected chi connectivity index (χ0v) is 35.4. The summed E-state index contributed by atoms with van der Waals surface area (Å²) in [5.41, 5.74) is 1.63. The van der Waals surface area contributed by atoms with Crippen molar-refractivity contribution in [2.75, 3.05) is 26.4 Å². The fourth-order valence-electron chi connectivity index (χ4n) is 6.38. The smallest absolute Gasteiger partial charge is 0.303 e. The summed E-state index contributed by atoms with van der Waals surface area (Å²) >= 11 is 0. The maximum atomic E-state index is 12.7. The lowest BCUT2D eigenvalue weighted by atomic mass is 9.96. The Balaban J connectivity index is 1.83. The van der Waals surface area contributed by atoms with E-state index in [-0.39, 0.29) is 39.6 Å². The van der Waals surface area contributed by atoms with Crippen molar-refractivity contribution in [1.29, 1.82) is 0 Å². The van der Waals surface area contributed by atoms with Crippen LogP contribution >= 0.6 is 0 Å². The van der Waals surface area contributed by atoms with E-state index in [9.17, 15) is 19.2 Å². The highest BCUT2D eigenvalue weighted by Crippen LogP contribution is 2.36. The molecule has 2 aliphatic rings. The van der Waals surface area contributed by atoms with E-state index in [0.717, 1.165) is 17.2 Å². The monoisotopic (exact) mass is 830 g/mol. The topological polar surface area (TPSA) is 170 Å². The van der Waals surface area contributed by atoms with Gasteiger partial charge in [-0.2, -0.15) is 0 Å². The van der Waals surface area contributed by atoms with E-state index >= 15 is 0 Å². The van der Waals surface area contributed by atoms with Crippen LogP contribution in [-0.4, -0.2) is 120 Å². The second-order valence-corrected chi connectivity index (χ2v) is 20.9. The number of benzene rings is 2. The second kappa shape index (κ2) is 23.0. The second-order valence-electron chi connectivity index (χ2n) is 15.2. The number of esters is 4. The van der Waals surface area contributed by atoms with Crippen LogP contribution in [0.15, 0.2) is 73.3 Å². The average Bonchev–Trinajstić information content (AvgIpc) is 3.16. The van der Waals surface area contributed by atoms with E-state index < -0.39 is 93.4 Å². The van der Waals surface area contributed by atoms with Gasteiger partial charge in [0.05, 0.1) is 19.8 Å². The summed E-state index contributed by atoms with van der Waals surface area (Å²) in [4.78, 5) is 49.4. The number of rotatable bonds is 21. The van der Waals surface area contributed by atoms with Gasteiger partial charge in [-0.1, -0.05) is 86.4 Å². The molecule has 0 aliphatic carbocycles. The molecular formula is C42H58O15Si. The minimum atomic E-state index is -1.63. The highest BCUT2D eigenvalue weighted by Gasteiger charge is 2.56. The molecule has 320 valence electrons. The van der Waals surface area contributed by atoms with E-state index in [0.29, 0.717) is 0 Å². The molecule has 0 amide bonds. The largest absolute Gasteiger partial charge is 0.463 e. The average molecular weight is 831 g/mol. The zero-order valence-electron chi connectivity index (χ0n) is 34.4. The SMILES string of the molecule is C=CCO[C@H]1[C@@H](O[C@H]2[C@H](OCC[Si](C)(C)C)O[C@H](COC(C)=O)[C@@H](OC(C)=O)[C@@H]2OCc2ccccc2)O[C@H](COC(C)=O)[C@@H](OC(C)=O)[C@@H]1OCc1ccccc1. The maximum absolute atomic E-state index is 12.7. The Morgan fingerprint density at radius 1 is 0.603 bits per heavy atom. The highest BCUT2D eigenvalue weighted by molar-refractivity contribution is 6.76. The molecule has 2 aromatic carbocycles. The maximum Gasteiger partial charge on any atom is 0.303 e. The molecule has 16 heteroatoms. The van der Waals surface area contributed by atoms with Crippen LogP contribution in [0.5, 0.6) is 0 Å². The highest BCUT2D eigenvalue weighted by atomic mass is 28.3. The van der Waals surface area contributed by atoms with Crippen molar-refractivity contribution in [3.63, 3.8) is 0 Å². The lowest BCUT2D eigenvalue weighted by Crippen LogP contribution is -2.66. The van der Waals surface area contributed by atoms with Gasteiger partial charge in [-0.25, -0.2) is 0 Å². The summed E-state index contributed by atoms with van der Waals surface area (Å²) in [6, 6.07) is 19.5. The van der Waals surface area contributed by atoms with Gasteiger partial charge >= 0.3 is 23.9 Å². The molecule has 2 fully saturated rings. The van der Waals surface area contributed by atoms with Crippen LogP contribution in [0.4, 0.5) is 0 Å². The fraction of sp³-hybridized carbons (Fsp3) is 0.571. The molecule has 10 atom stereocenters. The molecular weight excluding hydrogens is 773 g/mol. The summed E-state index contributed by atoms with van der Waals surface area (Å²) in [6.45, 7) is 15.2. The van der Waals surface area contributed by atoms with E-state index in [4.69, 9.17) is 52.1 Å². The molecule has 0 unspecified atom stereocenters. The molecule has 0 N–H and O–H groups in total. The molecule has 2 saturated heterocycles. The predicted octanol–water partition coefficient (Wildman–Crippen LogP) is 4.91. The fourth-order valence-corrected chi connectivity index (χ4v) is 7.11. The van der Waals surface area contributed by atoms with Gasteiger partial charge in [-0.05, 0) is 17.2 Å². The molecule has 0 aromatic heterocycles. The van der Waals surface area contributed by atoms with Crippen LogP contribution in [-0.2, 0) is 84.5 Å². The minimum absolute atomic E-state index is 0.00621. The standard InChI is InChI=1S/C42H58O15Si/c1-9-20-47-39-37(51-23-31-16-12-10-13-17-31)35(53-29(4)45)34(26-50-28(3)44)56-42(39)57-40-38(52-24-32-18-14-11-15-19-32)36(54-30(5)46)33(25-49-27(2)43)55-41(40)48-21-22-58(6,7)8/h9-19,33-42H,1,20-26H2,2-8H3/t33-,34-,35-,36-,37+,38+,39-,40-,41-,42-/m1/s1. The van der Waals surface area contributed by atoms with Crippen LogP contribution in [0, 0.1) is 0 Å². The van der Waals surface area contributed by atoms with Crippen molar-refractivity contribution in [3.05, 3.63) is 84.4 Å². The summed E-state index contributed by atoms with van der Waals surface area (Å²) in [5, 5.41) is 0. The van der Waals surface area contributed by atoms with Crippen molar-refractivity contribution in [2.24, 2.45) is 0 Å². The van der Waals surface area contributed by atoms with Gasteiger partial charge in [0.25, 0.3) is 0 Å². The molecule has 58 heavy (non-hydrogen) atoms. The molecule has 2 aliphatic heterocycles. The molecule has 2 aromatic rings. The summed E-state index contributed by atoms with van der Waals surface area (Å²) in [5.74, 6) is -2.44. The Kier molecular flexibility index (Phi) is 18.5. The Morgan fingerprint density at radius 3 is 1.50 bits per heavy atom. The number of hydrogen-bond donors (Lipinski definition) is 0. The van der Waals surface area contributed by atoms with Gasteiger partial charge in [0.15, 0.2) is 24.8 Å².